The first-order valence-corrected chi connectivity index (χ1v) is 8.88. The van der Waals surface area contributed by atoms with Crippen LogP contribution in [0.1, 0.15) is 29.6 Å². The third-order valence-corrected chi connectivity index (χ3v) is 5.89. The number of nitrogens with one attached hydrogen (secondary N) is 1. The monoisotopic (exact) mass is 332 g/mol. The minimum Gasteiger partial charge on any atom is -0.349 e. The van der Waals surface area contributed by atoms with Gasteiger partial charge in [0.05, 0.1) is 0 Å². The van der Waals surface area contributed by atoms with Crippen molar-refractivity contribution in [1.82, 2.24) is 10.3 Å². The molecule has 1 heterocycles. The summed E-state index contributed by atoms with van der Waals surface area (Å²) in [5.41, 5.74) is 0.617. The topological polar surface area (TPSA) is 42.0 Å². The Morgan fingerprint density at radius 3 is 2.65 bits per heavy atom. The predicted octanol–water partition coefficient (Wildman–Crippen LogP) is 3.99. The average molecular weight is 332 g/mol. The van der Waals surface area contributed by atoms with Crippen molar-refractivity contribution < 1.29 is 9.18 Å². The van der Waals surface area contributed by atoms with Gasteiger partial charge >= 0.3 is 0 Å². The zero-order valence-corrected chi connectivity index (χ0v) is 13.8. The number of allylic oxidation sites excluding steroid dienone is 3. The van der Waals surface area contributed by atoms with Crippen LogP contribution in [0.2, 0.25) is 0 Å². The Morgan fingerprint density at radius 1 is 1.30 bits per heavy atom. The van der Waals surface area contributed by atoms with Crippen LogP contribution in [0.3, 0.4) is 0 Å². The Morgan fingerprint density at radius 2 is 2.00 bits per heavy atom. The number of amides is 1. The molecular formula is C18H21FN2OS. The molecule has 5 heteroatoms. The van der Waals surface area contributed by atoms with Gasteiger partial charge in [0, 0.05) is 29.2 Å². The van der Waals surface area contributed by atoms with Gasteiger partial charge in [-0.15, -0.1) is 0 Å². The summed E-state index contributed by atoms with van der Waals surface area (Å²) in [6, 6.07) is 3.54. The van der Waals surface area contributed by atoms with Crippen molar-refractivity contribution in [3.8, 4) is 0 Å². The van der Waals surface area contributed by atoms with Crippen molar-refractivity contribution in [2.75, 3.05) is 0 Å². The maximum absolute atomic E-state index is 12.7. The molecule has 23 heavy (non-hydrogen) atoms. The van der Waals surface area contributed by atoms with Gasteiger partial charge in [0.1, 0.15) is 5.83 Å². The summed E-state index contributed by atoms with van der Waals surface area (Å²) in [6.07, 6.45) is 8.94. The SMILES string of the molecule is C=C(F)/C=C\C(=C)S(=C)C1CCC(NC(=O)c2ccncc2)C1. The number of nitrogens with zero attached hydrogens (tertiary/aromatic N) is 1. The first-order valence-electron chi connectivity index (χ1n) is 7.42. The number of aromatic nitrogens is 1. The fourth-order valence-electron chi connectivity index (χ4n) is 2.59. The molecule has 1 fully saturated rings. The first-order chi connectivity index (χ1) is 11.0. The minimum atomic E-state index is -0.489. The number of hydrogen-bond donors (Lipinski definition) is 1. The summed E-state index contributed by atoms with van der Waals surface area (Å²) in [7, 11) is -0.287. The summed E-state index contributed by atoms with van der Waals surface area (Å²) in [5.74, 6) is 3.61. The molecule has 0 aliphatic heterocycles. The van der Waals surface area contributed by atoms with Crippen LogP contribution in [-0.2, 0) is 0 Å². The normalized spacial score (nSPS) is 22.0. The number of halogens is 1. The molecule has 1 aliphatic rings. The Kier molecular flexibility index (Phi) is 6.04. The van der Waals surface area contributed by atoms with Crippen molar-refractivity contribution in [2.24, 2.45) is 0 Å². The summed E-state index contributed by atoms with van der Waals surface area (Å²) in [5, 5.41) is 3.42. The van der Waals surface area contributed by atoms with Gasteiger partial charge < -0.3 is 5.32 Å². The molecule has 1 saturated carbocycles. The van der Waals surface area contributed by atoms with E-state index in [1.807, 2.05) is 0 Å². The highest BCUT2D eigenvalue weighted by Gasteiger charge is 2.27. The van der Waals surface area contributed by atoms with Crippen LogP contribution < -0.4 is 5.32 Å². The van der Waals surface area contributed by atoms with Crippen molar-refractivity contribution in [3.05, 3.63) is 66.1 Å². The van der Waals surface area contributed by atoms with E-state index in [1.165, 1.54) is 6.08 Å². The quantitative estimate of drug-likeness (QED) is 0.632. The lowest BCUT2D eigenvalue weighted by molar-refractivity contribution is 0.0938. The Hall–Kier alpha value is -2.01. The van der Waals surface area contributed by atoms with E-state index in [0.29, 0.717) is 10.8 Å². The molecule has 0 radical (unpaired) electrons. The van der Waals surface area contributed by atoms with E-state index in [0.717, 1.165) is 24.2 Å². The van der Waals surface area contributed by atoms with Gasteiger partial charge in [-0.3, -0.25) is 9.78 Å². The van der Waals surface area contributed by atoms with E-state index in [-0.39, 0.29) is 22.4 Å². The van der Waals surface area contributed by atoms with Crippen LogP contribution in [0, 0.1) is 0 Å². The van der Waals surface area contributed by atoms with E-state index in [2.05, 4.69) is 29.3 Å². The lowest BCUT2D eigenvalue weighted by Gasteiger charge is -2.17. The van der Waals surface area contributed by atoms with Gasteiger partial charge in [0.2, 0.25) is 0 Å². The van der Waals surface area contributed by atoms with E-state index < -0.39 is 5.83 Å². The molecule has 2 rings (SSSR count). The van der Waals surface area contributed by atoms with Crippen LogP contribution in [0.5, 0.6) is 0 Å². The van der Waals surface area contributed by atoms with E-state index in [9.17, 15) is 9.18 Å². The maximum atomic E-state index is 12.7. The molecule has 122 valence electrons. The van der Waals surface area contributed by atoms with Crippen LogP contribution in [0.15, 0.2) is 60.6 Å². The zero-order chi connectivity index (χ0) is 16.8. The number of hydrogen-bond acceptors (Lipinski definition) is 2. The van der Waals surface area contributed by atoms with Crippen LogP contribution in [0.4, 0.5) is 4.39 Å². The molecule has 3 nitrogen and oxygen atoms in total. The van der Waals surface area contributed by atoms with Crippen molar-refractivity contribution >= 4 is 22.3 Å². The largest absolute Gasteiger partial charge is 0.349 e. The molecule has 1 aromatic heterocycles. The third-order valence-electron chi connectivity index (χ3n) is 3.85. The van der Waals surface area contributed by atoms with E-state index in [4.69, 9.17) is 0 Å². The van der Waals surface area contributed by atoms with Gasteiger partial charge in [-0.2, -0.15) is 10.5 Å². The van der Waals surface area contributed by atoms with Gasteiger partial charge in [-0.25, -0.2) is 4.39 Å². The Labute approximate surface area is 138 Å². The number of pyridine rings is 1. The van der Waals surface area contributed by atoms with Crippen molar-refractivity contribution in [1.29, 1.82) is 0 Å². The van der Waals surface area contributed by atoms with Gasteiger partial charge in [0.25, 0.3) is 5.91 Å². The van der Waals surface area contributed by atoms with Crippen molar-refractivity contribution in [2.45, 2.75) is 30.6 Å². The molecule has 1 aliphatic carbocycles. The molecule has 1 amide bonds. The Bertz CT molecular complexity index is 654. The van der Waals surface area contributed by atoms with Gasteiger partial charge in [-0.1, -0.05) is 19.0 Å². The van der Waals surface area contributed by atoms with Crippen molar-refractivity contribution in [3.63, 3.8) is 0 Å². The number of rotatable bonds is 6. The first kappa shape index (κ1) is 17.3. The molecule has 0 saturated heterocycles. The summed E-state index contributed by atoms with van der Waals surface area (Å²) in [6.45, 7) is 7.16. The second-order valence-corrected chi connectivity index (χ2v) is 7.57. The lowest BCUT2D eigenvalue weighted by atomic mass is 10.2. The molecule has 0 bridgehead atoms. The molecule has 3 unspecified atom stereocenters. The number of carbonyl (C=O) groups excluding carboxylic acids is 1. The minimum absolute atomic E-state index is 0.0746. The molecule has 0 spiro atoms. The third kappa shape index (κ3) is 4.99. The van der Waals surface area contributed by atoms with Gasteiger partial charge in [0.15, 0.2) is 0 Å². The highest BCUT2D eigenvalue weighted by Crippen LogP contribution is 2.39. The highest BCUT2D eigenvalue weighted by atomic mass is 32.2. The van der Waals surface area contributed by atoms with Crippen LogP contribution in [0.25, 0.3) is 0 Å². The molecule has 3 atom stereocenters. The van der Waals surface area contributed by atoms with Gasteiger partial charge in [-0.05, 0) is 48.5 Å². The van der Waals surface area contributed by atoms with Crippen LogP contribution >= 0.6 is 10.5 Å². The number of carbonyl (C=O) groups is 1. The summed E-state index contributed by atoms with van der Waals surface area (Å²) in [4.78, 5) is 16.9. The average Bonchev–Trinajstić information content (AvgIpc) is 3.01. The summed E-state index contributed by atoms with van der Waals surface area (Å²) >= 11 is 0. The second kappa shape index (κ2) is 8.02. The van der Waals surface area contributed by atoms with E-state index >= 15 is 0 Å². The standard InChI is InChI=1S/C18H21FN2OS/c1-13(19)4-5-14(2)23(3)17-7-6-16(12-17)21-18(22)15-8-10-20-11-9-15/h4-5,8-11,16-17H,1-3,6-7,12H2,(H,21,22)/b5-4-. The van der Waals surface area contributed by atoms with Crippen LogP contribution in [-0.4, -0.2) is 28.1 Å². The smallest absolute Gasteiger partial charge is 0.251 e. The predicted molar refractivity (Wildman–Crippen MR) is 96.4 cm³/mol. The molecule has 1 N–H and O–H groups in total. The van der Waals surface area contributed by atoms with E-state index in [1.54, 1.807) is 30.6 Å². The maximum Gasteiger partial charge on any atom is 0.251 e. The Balaban J connectivity index is 1.88. The summed E-state index contributed by atoms with van der Waals surface area (Å²) < 4.78 is 12.7. The fourth-order valence-corrected chi connectivity index (χ4v) is 4.14. The lowest BCUT2D eigenvalue weighted by Crippen LogP contribution is -2.33. The second-order valence-electron chi connectivity index (χ2n) is 5.52. The fraction of sp³-hybridized carbons (Fsp3) is 0.278. The molecular weight excluding hydrogens is 311 g/mol. The molecule has 0 aromatic carbocycles. The zero-order valence-electron chi connectivity index (χ0n) is 13.0. The molecule has 1 aromatic rings. The highest BCUT2D eigenvalue weighted by molar-refractivity contribution is 8.18.